The van der Waals surface area contributed by atoms with Gasteiger partial charge < -0.3 is 16.4 Å². The minimum Gasteiger partial charge on any atom is -0.368 e. The number of carbonyl (C=O) groups is 2. The van der Waals surface area contributed by atoms with Gasteiger partial charge in [-0.05, 0) is 26.7 Å². The Kier molecular flexibility index (Phi) is 3.91. The molecule has 0 heterocycles. The summed E-state index contributed by atoms with van der Waals surface area (Å²) in [5, 5.41) is 0. The molecule has 16 heavy (non-hydrogen) atoms. The average molecular weight is 227 g/mol. The Morgan fingerprint density at radius 1 is 1.50 bits per heavy atom. The molecule has 0 spiro atoms. The smallest absolute Gasteiger partial charge is 0.237 e. The van der Waals surface area contributed by atoms with Gasteiger partial charge in [0.05, 0.1) is 12.0 Å². The van der Waals surface area contributed by atoms with Crippen molar-refractivity contribution in [2.24, 2.45) is 16.9 Å². The zero-order chi connectivity index (χ0) is 12.3. The van der Waals surface area contributed by atoms with E-state index in [0.29, 0.717) is 6.54 Å². The molecule has 2 atom stereocenters. The van der Waals surface area contributed by atoms with Crippen molar-refractivity contribution in [3.8, 4) is 0 Å². The second-order valence-electron chi connectivity index (χ2n) is 4.70. The predicted molar refractivity (Wildman–Crippen MR) is 61.4 cm³/mol. The third-order valence-electron chi connectivity index (χ3n) is 3.53. The van der Waals surface area contributed by atoms with Gasteiger partial charge in [0.25, 0.3) is 0 Å². The normalized spacial score (nSPS) is 29.1. The quantitative estimate of drug-likeness (QED) is 0.699. The molecule has 0 radical (unpaired) electrons. The van der Waals surface area contributed by atoms with E-state index in [2.05, 4.69) is 0 Å². The van der Waals surface area contributed by atoms with Gasteiger partial charge >= 0.3 is 0 Å². The van der Waals surface area contributed by atoms with E-state index < -0.39 is 11.3 Å². The first-order valence-electron chi connectivity index (χ1n) is 5.75. The van der Waals surface area contributed by atoms with Crippen LogP contribution in [0.4, 0.5) is 0 Å². The second kappa shape index (κ2) is 4.82. The third-order valence-corrected chi connectivity index (χ3v) is 3.53. The van der Waals surface area contributed by atoms with Gasteiger partial charge in [-0.15, -0.1) is 0 Å². The van der Waals surface area contributed by atoms with Crippen molar-refractivity contribution in [3.05, 3.63) is 0 Å². The van der Waals surface area contributed by atoms with E-state index in [0.717, 1.165) is 19.3 Å². The highest BCUT2D eigenvalue weighted by Crippen LogP contribution is 2.38. The van der Waals surface area contributed by atoms with Crippen LogP contribution in [-0.2, 0) is 9.59 Å². The maximum absolute atomic E-state index is 12.3. The molecule has 1 saturated carbocycles. The SMILES string of the molecule is CCN(CC(N)=O)C(=O)C1(C)CCCC1N. The molecule has 0 saturated heterocycles. The van der Waals surface area contributed by atoms with Crippen LogP contribution in [0, 0.1) is 5.41 Å². The van der Waals surface area contributed by atoms with Crippen molar-refractivity contribution in [2.45, 2.75) is 39.2 Å². The topological polar surface area (TPSA) is 89.4 Å². The van der Waals surface area contributed by atoms with Crippen molar-refractivity contribution in [1.82, 2.24) is 4.90 Å². The fourth-order valence-electron chi connectivity index (χ4n) is 2.34. The summed E-state index contributed by atoms with van der Waals surface area (Å²) in [4.78, 5) is 24.6. The van der Waals surface area contributed by atoms with E-state index in [4.69, 9.17) is 11.5 Å². The maximum atomic E-state index is 12.3. The van der Waals surface area contributed by atoms with Crippen LogP contribution in [0.25, 0.3) is 0 Å². The Morgan fingerprint density at radius 3 is 2.50 bits per heavy atom. The third kappa shape index (κ3) is 2.35. The molecule has 1 fully saturated rings. The lowest BCUT2D eigenvalue weighted by Crippen LogP contribution is -2.51. The zero-order valence-corrected chi connectivity index (χ0v) is 10.0. The first kappa shape index (κ1) is 13.0. The molecule has 0 bridgehead atoms. The van der Waals surface area contributed by atoms with Crippen LogP contribution in [0.1, 0.15) is 33.1 Å². The van der Waals surface area contributed by atoms with Gasteiger partial charge in [0.1, 0.15) is 0 Å². The van der Waals surface area contributed by atoms with Crippen LogP contribution in [-0.4, -0.2) is 35.8 Å². The number of likely N-dealkylation sites (N-methyl/N-ethyl adjacent to an activating group) is 1. The van der Waals surface area contributed by atoms with Gasteiger partial charge in [-0.3, -0.25) is 9.59 Å². The van der Waals surface area contributed by atoms with Gasteiger partial charge in [-0.25, -0.2) is 0 Å². The highest BCUT2D eigenvalue weighted by atomic mass is 16.2. The molecular formula is C11H21N3O2. The van der Waals surface area contributed by atoms with Crippen molar-refractivity contribution in [1.29, 1.82) is 0 Å². The van der Waals surface area contributed by atoms with Crippen LogP contribution < -0.4 is 11.5 Å². The van der Waals surface area contributed by atoms with Crippen LogP contribution in [0.5, 0.6) is 0 Å². The summed E-state index contributed by atoms with van der Waals surface area (Å²) < 4.78 is 0. The van der Waals surface area contributed by atoms with E-state index in [-0.39, 0.29) is 18.5 Å². The van der Waals surface area contributed by atoms with Crippen LogP contribution >= 0.6 is 0 Å². The van der Waals surface area contributed by atoms with Crippen molar-refractivity contribution < 1.29 is 9.59 Å². The molecule has 0 aromatic rings. The Hall–Kier alpha value is -1.10. The number of nitrogens with two attached hydrogens (primary N) is 2. The van der Waals surface area contributed by atoms with Crippen LogP contribution in [0.2, 0.25) is 0 Å². The van der Waals surface area contributed by atoms with Gasteiger partial charge in [0.2, 0.25) is 11.8 Å². The largest absolute Gasteiger partial charge is 0.368 e. The molecule has 5 heteroatoms. The zero-order valence-electron chi connectivity index (χ0n) is 10.0. The van der Waals surface area contributed by atoms with Gasteiger partial charge in [-0.2, -0.15) is 0 Å². The van der Waals surface area contributed by atoms with E-state index in [1.165, 1.54) is 4.90 Å². The Bertz CT molecular complexity index is 293. The van der Waals surface area contributed by atoms with Gasteiger partial charge in [-0.1, -0.05) is 6.42 Å². The summed E-state index contributed by atoms with van der Waals surface area (Å²) in [5.74, 6) is -0.524. The van der Waals surface area contributed by atoms with Crippen molar-refractivity contribution in [2.75, 3.05) is 13.1 Å². The highest BCUT2D eigenvalue weighted by Gasteiger charge is 2.44. The monoisotopic (exact) mass is 227 g/mol. The lowest BCUT2D eigenvalue weighted by atomic mass is 9.83. The number of rotatable bonds is 4. The van der Waals surface area contributed by atoms with E-state index in [9.17, 15) is 9.59 Å². The summed E-state index contributed by atoms with van der Waals surface area (Å²) in [5.41, 5.74) is 10.6. The molecule has 0 aromatic carbocycles. The molecule has 0 aliphatic heterocycles. The first-order valence-corrected chi connectivity index (χ1v) is 5.75. The van der Waals surface area contributed by atoms with E-state index in [1.807, 2.05) is 13.8 Å². The number of nitrogens with zero attached hydrogens (tertiary/aromatic N) is 1. The summed E-state index contributed by atoms with van der Waals surface area (Å²) in [6, 6.07) is -0.109. The average Bonchev–Trinajstić information content (AvgIpc) is 2.56. The molecule has 1 aliphatic rings. The Balaban J connectivity index is 2.78. The van der Waals surface area contributed by atoms with Crippen molar-refractivity contribution >= 4 is 11.8 Å². The standard InChI is InChI=1S/C11H21N3O2/c1-3-14(7-9(13)15)10(16)11(2)6-4-5-8(11)12/h8H,3-7,12H2,1-2H3,(H2,13,15). The van der Waals surface area contributed by atoms with Gasteiger partial charge in [0, 0.05) is 12.6 Å². The minimum atomic E-state index is -0.522. The van der Waals surface area contributed by atoms with Crippen LogP contribution in [0.15, 0.2) is 0 Å². The lowest BCUT2D eigenvalue weighted by Gasteiger charge is -2.33. The molecule has 4 N–H and O–H groups in total. The maximum Gasteiger partial charge on any atom is 0.237 e. The van der Waals surface area contributed by atoms with Gasteiger partial charge in [0.15, 0.2) is 0 Å². The molecule has 92 valence electrons. The number of amides is 2. The number of hydrogen-bond donors (Lipinski definition) is 2. The Labute approximate surface area is 96.1 Å². The second-order valence-corrected chi connectivity index (χ2v) is 4.70. The predicted octanol–water partition coefficient (Wildman–Crippen LogP) is -0.162. The molecule has 1 rings (SSSR count). The van der Waals surface area contributed by atoms with E-state index in [1.54, 1.807) is 0 Å². The minimum absolute atomic E-state index is 0.0162. The Morgan fingerprint density at radius 2 is 2.12 bits per heavy atom. The summed E-state index contributed by atoms with van der Waals surface area (Å²) in [7, 11) is 0. The van der Waals surface area contributed by atoms with Crippen LogP contribution in [0.3, 0.4) is 0 Å². The number of primary amides is 1. The number of carbonyl (C=O) groups excluding carboxylic acids is 2. The molecule has 2 amide bonds. The number of hydrogen-bond acceptors (Lipinski definition) is 3. The van der Waals surface area contributed by atoms with E-state index >= 15 is 0 Å². The summed E-state index contributed by atoms with van der Waals surface area (Å²) in [6.45, 7) is 4.20. The fraction of sp³-hybridized carbons (Fsp3) is 0.818. The van der Waals surface area contributed by atoms with Crippen molar-refractivity contribution in [3.63, 3.8) is 0 Å². The molecular weight excluding hydrogens is 206 g/mol. The molecule has 5 nitrogen and oxygen atoms in total. The molecule has 1 aliphatic carbocycles. The molecule has 2 unspecified atom stereocenters. The fourth-order valence-corrected chi connectivity index (χ4v) is 2.34. The first-order chi connectivity index (χ1) is 7.41. The molecule has 0 aromatic heterocycles. The summed E-state index contributed by atoms with van der Waals surface area (Å²) in [6.07, 6.45) is 2.64. The summed E-state index contributed by atoms with van der Waals surface area (Å²) >= 11 is 0. The highest BCUT2D eigenvalue weighted by molar-refractivity contribution is 5.87. The lowest BCUT2D eigenvalue weighted by molar-refractivity contribution is -0.143.